The molecular formula is C25H22INO. The molecule has 0 saturated carbocycles. The van der Waals surface area contributed by atoms with Crippen molar-refractivity contribution in [3.05, 3.63) is 86.6 Å². The van der Waals surface area contributed by atoms with Crippen molar-refractivity contribution in [2.45, 2.75) is 32.6 Å². The molecule has 3 aromatic carbocycles. The van der Waals surface area contributed by atoms with Gasteiger partial charge in [0.15, 0.2) is 5.78 Å². The number of carbonyl (C=O) groups is 1. The largest absolute Gasteiger partial charge is 0.358 e. The van der Waals surface area contributed by atoms with Crippen molar-refractivity contribution in [3.8, 4) is 0 Å². The summed E-state index contributed by atoms with van der Waals surface area (Å²) in [5.41, 5.74) is 5.61. The number of hydrogen-bond donors (Lipinski definition) is 1. The third-order valence-electron chi connectivity index (χ3n) is 5.96. The lowest BCUT2D eigenvalue weighted by Gasteiger charge is -2.40. The molecular weight excluding hydrogens is 457 g/mol. The summed E-state index contributed by atoms with van der Waals surface area (Å²) >= 11 is 2.34. The third-order valence-corrected chi connectivity index (χ3v) is 6.68. The molecule has 0 aromatic heterocycles. The highest BCUT2D eigenvalue weighted by Gasteiger charge is 2.41. The van der Waals surface area contributed by atoms with Gasteiger partial charge in [-0.3, -0.25) is 4.79 Å². The van der Waals surface area contributed by atoms with Crippen LogP contribution < -0.4 is 5.32 Å². The second-order valence-electron chi connectivity index (χ2n) is 8.69. The number of rotatable bonds is 1. The van der Waals surface area contributed by atoms with Crippen LogP contribution in [0.25, 0.3) is 10.8 Å². The molecule has 140 valence electrons. The first kappa shape index (κ1) is 17.9. The van der Waals surface area contributed by atoms with Crippen molar-refractivity contribution in [2.24, 2.45) is 5.41 Å². The monoisotopic (exact) mass is 479 g/mol. The van der Waals surface area contributed by atoms with Gasteiger partial charge in [0.05, 0.1) is 0 Å². The molecule has 1 atom stereocenters. The molecule has 1 aliphatic carbocycles. The Kier molecular flexibility index (Phi) is 4.13. The van der Waals surface area contributed by atoms with Crippen LogP contribution in [-0.4, -0.2) is 5.78 Å². The minimum Gasteiger partial charge on any atom is -0.358 e. The number of fused-ring (bicyclic) bond motifs is 3. The maximum Gasteiger partial charge on any atom is 0.162 e. The van der Waals surface area contributed by atoms with Crippen LogP contribution in [-0.2, 0) is 4.79 Å². The van der Waals surface area contributed by atoms with E-state index >= 15 is 0 Å². The van der Waals surface area contributed by atoms with Crippen molar-refractivity contribution >= 4 is 44.8 Å². The molecule has 1 heterocycles. The Morgan fingerprint density at radius 2 is 1.71 bits per heavy atom. The molecule has 3 heteroatoms. The minimum absolute atomic E-state index is 0.00607. The van der Waals surface area contributed by atoms with Crippen LogP contribution in [0, 0.1) is 8.99 Å². The summed E-state index contributed by atoms with van der Waals surface area (Å²) < 4.78 is 1.21. The van der Waals surface area contributed by atoms with E-state index in [9.17, 15) is 4.79 Å². The standard InChI is InChI=1S/C25H22INO/c1-25(2)13-20-24(21(28)14-25)22(16-7-10-17(26)11-8-16)23-18-6-4-3-5-15(18)9-12-19(23)27-20/h3-12,22,27H,13-14H2,1-2H3/t22-/m1/s1. The van der Waals surface area contributed by atoms with E-state index < -0.39 is 0 Å². The fourth-order valence-corrected chi connectivity index (χ4v) is 5.15. The zero-order valence-electron chi connectivity index (χ0n) is 16.1. The van der Waals surface area contributed by atoms with E-state index in [1.807, 2.05) is 0 Å². The highest BCUT2D eigenvalue weighted by Crippen LogP contribution is 2.50. The highest BCUT2D eigenvalue weighted by atomic mass is 127. The van der Waals surface area contributed by atoms with Gasteiger partial charge in [-0.1, -0.05) is 56.3 Å². The Morgan fingerprint density at radius 3 is 2.50 bits per heavy atom. The molecule has 0 spiro atoms. The molecule has 1 N–H and O–H groups in total. The van der Waals surface area contributed by atoms with Crippen molar-refractivity contribution < 1.29 is 4.79 Å². The minimum atomic E-state index is -0.0158. The van der Waals surface area contributed by atoms with Gasteiger partial charge in [0.1, 0.15) is 0 Å². The lowest BCUT2D eigenvalue weighted by Crippen LogP contribution is -2.33. The highest BCUT2D eigenvalue weighted by molar-refractivity contribution is 14.1. The second kappa shape index (κ2) is 6.45. The number of halogens is 1. The molecule has 1 aliphatic heterocycles. The zero-order valence-corrected chi connectivity index (χ0v) is 18.2. The molecule has 28 heavy (non-hydrogen) atoms. The van der Waals surface area contributed by atoms with Crippen LogP contribution >= 0.6 is 22.6 Å². The maximum atomic E-state index is 13.3. The molecule has 0 amide bonds. The Labute approximate surface area is 179 Å². The number of benzene rings is 3. The molecule has 2 nitrogen and oxygen atoms in total. The molecule has 5 rings (SSSR count). The number of hydrogen-bond acceptors (Lipinski definition) is 2. The van der Waals surface area contributed by atoms with Crippen LogP contribution in [0.15, 0.2) is 71.9 Å². The third kappa shape index (κ3) is 2.87. The van der Waals surface area contributed by atoms with Crippen molar-refractivity contribution in [1.29, 1.82) is 0 Å². The lowest BCUT2D eigenvalue weighted by atomic mass is 9.68. The number of Topliss-reactive ketones (excluding diaryl/α,β-unsaturated/α-hetero) is 1. The smallest absolute Gasteiger partial charge is 0.162 e. The van der Waals surface area contributed by atoms with E-state index in [4.69, 9.17) is 0 Å². The number of ketones is 1. The Morgan fingerprint density at radius 1 is 0.964 bits per heavy atom. The van der Waals surface area contributed by atoms with Gasteiger partial charge in [-0.15, -0.1) is 0 Å². The van der Waals surface area contributed by atoms with E-state index in [1.165, 1.54) is 25.5 Å². The van der Waals surface area contributed by atoms with Crippen LogP contribution in [0.4, 0.5) is 5.69 Å². The van der Waals surface area contributed by atoms with Gasteiger partial charge in [0, 0.05) is 32.9 Å². The summed E-state index contributed by atoms with van der Waals surface area (Å²) in [6, 6.07) is 21.5. The summed E-state index contributed by atoms with van der Waals surface area (Å²) in [6.07, 6.45) is 1.51. The van der Waals surface area contributed by atoms with E-state index in [2.05, 4.69) is 102 Å². The fourth-order valence-electron chi connectivity index (χ4n) is 4.79. The molecule has 0 bridgehead atoms. The SMILES string of the molecule is CC1(C)CC(=O)C2=C(C1)Nc1ccc3ccccc3c1[C@H]2c1ccc(I)cc1. The predicted octanol–water partition coefficient (Wildman–Crippen LogP) is 6.65. The van der Waals surface area contributed by atoms with Gasteiger partial charge in [-0.05, 0) is 74.5 Å². The molecule has 0 fully saturated rings. The Balaban J connectivity index is 1.81. The van der Waals surface area contributed by atoms with Crippen LogP contribution in [0.1, 0.15) is 43.7 Å². The molecule has 3 aromatic rings. The number of carbonyl (C=O) groups excluding carboxylic acids is 1. The van der Waals surface area contributed by atoms with Gasteiger partial charge in [0.25, 0.3) is 0 Å². The summed E-state index contributed by atoms with van der Waals surface area (Å²) in [5, 5.41) is 6.08. The quantitative estimate of drug-likeness (QED) is 0.397. The normalized spacial score (nSPS) is 20.5. The number of anilines is 1. The second-order valence-corrected chi connectivity index (χ2v) is 9.94. The zero-order chi connectivity index (χ0) is 19.5. The molecule has 2 aliphatic rings. The molecule has 0 radical (unpaired) electrons. The first-order chi connectivity index (χ1) is 13.4. The Hall–Kier alpha value is -2.14. The van der Waals surface area contributed by atoms with E-state index in [0.717, 1.165) is 23.4 Å². The van der Waals surface area contributed by atoms with Gasteiger partial charge in [-0.25, -0.2) is 0 Å². The predicted molar refractivity (Wildman–Crippen MR) is 124 cm³/mol. The van der Waals surface area contributed by atoms with Crippen molar-refractivity contribution in [2.75, 3.05) is 5.32 Å². The van der Waals surface area contributed by atoms with Gasteiger partial charge in [-0.2, -0.15) is 0 Å². The van der Waals surface area contributed by atoms with E-state index in [-0.39, 0.29) is 17.1 Å². The average molecular weight is 479 g/mol. The van der Waals surface area contributed by atoms with Crippen LogP contribution in [0.2, 0.25) is 0 Å². The summed E-state index contributed by atoms with van der Waals surface area (Å²) in [5.74, 6) is 0.263. The molecule has 0 saturated heterocycles. The average Bonchev–Trinajstić information content (AvgIpc) is 2.66. The van der Waals surface area contributed by atoms with Crippen LogP contribution in [0.5, 0.6) is 0 Å². The number of nitrogens with one attached hydrogen (secondary N) is 1. The van der Waals surface area contributed by atoms with Gasteiger partial charge >= 0.3 is 0 Å². The summed E-state index contributed by atoms with van der Waals surface area (Å²) in [6.45, 7) is 4.37. The van der Waals surface area contributed by atoms with Crippen molar-refractivity contribution in [3.63, 3.8) is 0 Å². The van der Waals surface area contributed by atoms with E-state index in [1.54, 1.807) is 0 Å². The topological polar surface area (TPSA) is 29.1 Å². The van der Waals surface area contributed by atoms with Gasteiger partial charge < -0.3 is 5.32 Å². The first-order valence-electron chi connectivity index (χ1n) is 9.73. The molecule has 0 unspecified atom stereocenters. The first-order valence-corrected chi connectivity index (χ1v) is 10.8. The Bertz CT molecular complexity index is 1140. The lowest BCUT2D eigenvalue weighted by molar-refractivity contribution is -0.118. The maximum absolute atomic E-state index is 13.3. The fraction of sp³-hybridized carbons (Fsp3) is 0.240. The van der Waals surface area contributed by atoms with Crippen LogP contribution in [0.3, 0.4) is 0 Å². The van der Waals surface area contributed by atoms with E-state index in [0.29, 0.717) is 6.42 Å². The van der Waals surface area contributed by atoms with Gasteiger partial charge in [0.2, 0.25) is 0 Å². The summed E-state index contributed by atoms with van der Waals surface area (Å²) in [4.78, 5) is 13.3. The summed E-state index contributed by atoms with van der Waals surface area (Å²) in [7, 11) is 0. The van der Waals surface area contributed by atoms with Crippen molar-refractivity contribution in [1.82, 2.24) is 0 Å². The number of allylic oxidation sites excluding steroid dienone is 2.